The Morgan fingerprint density at radius 3 is 1.46 bits per heavy atom. The summed E-state index contributed by atoms with van der Waals surface area (Å²) in [6, 6.07) is 45.4. The van der Waals surface area contributed by atoms with Crippen molar-refractivity contribution in [2.45, 2.75) is 59.8 Å². The Morgan fingerprint density at radius 1 is 0.476 bits per heavy atom. The van der Waals surface area contributed by atoms with Crippen LogP contribution >= 0.6 is 0 Å². The molecule has 0 saturated carbocycles. The maximum Gasteiger partial charge on any atom is 0.167 e. The first kappa shape index (κ1) is 41.1. The number of rotatable bonds is 9. The molecular formula is C55H52N6O2. The van der Waals surface area contributed by atoms with Crippen molar-refractivity contribution in [1.82, 2.24) is 19.9 Å². The Balaban J connectivity index is 0.000000160. The number of H-pyrrole nitrogens is 2. The summed E-state index contributed by atoms with van der Waals surface area (Å²) in [6.45, 7) is 8.61. The number of nitrogens with zero attached hydrogens (tertiary/aromatic N) is 2. The van der Waals surface area contributed by atoms with E-state index in [9.17, 15) is 9.59 Å². The lowest BCUT2D eigenvalue weighted by atomic mass is 9.76. The van der Waals surface area contributed by atoms with Gasteiger partial charge in [-0.15, -0.1) is 0 Å². The summed E-state index contributed by atoms with van der Waals surface area (Å²) in [5.74, 6) is 0.377. The molecule has 0 unspecified atom stereocenters. The van der Waals surface area contributed by atoms with E-state index in [-0.39, 0.29) is 22.4 Å². The van der Waals surface area contributed by atoms with Crippen molar-refractivity contribution in [2.75, 3.05) is 10.6 Å². The summed E-state index contributed by atoms with van der Waals surface area (Å²) in [6.07, 6.45) is 10.8. The van der Waals surface area contributed by atoms with E-state index < -0.39 is 0 Å². The average Bonchev–Trinajstić information content (AvgIpc) is 3.82. The largest absolute Gasteiger partial charge is 0.356 e. The van der Waals surface area contributed by atoms with Gasteiger partial charge in [0.2, 0.25) is 0 Å². The third-order valence-corrected chi connectivity index (χ3v) is 11.9. The molecule has 63 heavy (non-hydrogen) atoms. The van der Waals surface area contributed by atoms with Crippen LogP contribution in [0.4, 0.5) is 22.7 Å². The van der Waals surface area contributed by atoms with Gasteiger partial charge in [0, 0.05) is 71.5 Å². The number of hydrogen-bond acceptors (Lipinski definition) is 6. The van der Waals surface area contributed by atoms with Gasteiger partial charge in [-0.1, -0.05) is 113 Å². The van der Waals surface area contributed by atoms with Crippen molar-refractivity contribution in [1.29, 1.82) is 0 Å². The van der Waals surface area contributed by atoms with Gasteiger partial charge in [-0.3, -0.25) is 19.6 Å². The predicted octanol–water partition coefficient (Wildman–Crippen LogP) is 13.2. The number of aromatic nitrogens is 4. The number of fused-ring (bicyclic) bond motifs is 2. The van der Waals surface area contributed by atoms with Crippen LogP contribution in [0.25, 0.3) is 33.6 Å². The first-order chi connectivity index (χ1) is 30.5. The molecule has 0 bridgehead atoms. The van der Waals surface area contributed by atoms with Crippen LogP contribution in [-0.2, 0) is 19.3 Å². The van der Waals surface area contributed by atoms with Gasteiger partial charge in [0.05, 0.1) is 33.9 Å². The molecule has 2 aliphatic rings. The topological polar surface area (TPSA) is 116 Å². The summed E-state index contributed by atoms with van der Waals surface area (Å²) in [7, 11) is 0. The van der Waals surface area contributed by atoms with E-state index in [0.29, 0.717) is 12.8 Å². The minimum absolute atomic E-state index is 0.0426. The molecule has 314 valence electrons. The van der Waals surface area contributed by atoms with Crippen LogP contribution in [-0.4, -0.2) is 31.5 Å². The number of carbonyl (C=O) groups excluding carboxylic acids is 2. The Morgan fingerprint density at radius 2 is 0.937 bits per heavy atom. The highest BCUT2D eigenvalue weighted by Gasteiger charge is 2.37. The number of Topliss-reactive ketones (excluding diaryl/α,β-unsaturated/α-hetero) is 2. The zero-order valence-corrected chi connectivity index (χ0v) is 36.3. The van der Waals surface area contributed by atoms with Crippen molar-refractivity contribution in [2.24, 2.45) is 10.8 Å². The monoisotopic (exact) mass is 828 g/mol. The smallest absolute Gasteiger partial charge is 0.167 e. The third-order valence-electron chi connectivity index (χ3n) is 11.9. The zero-order valence-electron chi connectivity index (χ0n) is 36.3. The molecule has 2 aliphatic carbocycles. The Kier molecular flexibility index (Phi) is 11.2. The molecule has 4 N–H and O–H groups in total. The Labute approximate surface area is 369 Å². The lowest BCUT2D eigenvalue weighted by molar-refractivity contribution is 0.0903. The second kappa shape index (κ2) is 17.2. The molecule has 8 aromatic rings. The summed E-state index contributed by atoms with van der Waals surface area (Å²) in [4.78, 5) is 41.7. The fraction of sp³-hybridized carbons (Fsp3) is 0.200. The maximum absolute atomic E-state index is 13.2. The van der Waals surface area contributed by atoms with Gasteiger partial charge in [0.25, 0.3) is 0 Å². The van der Waals surface area contributed by atoms with Crippen LogP contribution in [0.1, 0.15) is 83.8 Å². The van der Waals surface area contributed by atoms with E-state index in [4.69, 9.17) is 0 Å². The molecule has 10 rings (SSSR count). The third kappa shape index (κ3) is 9.16. The number of nitrogens with one attached hydrogen (secondary N) is 4. The molecule has 0 spiro atoms. The fourth-order valence-electron chi connectivity index (χ4n) is 9.09. The first-order valence-electron chi connectivity index (χ1n) is 21.7. The molecule has 0 aliphatic heterocycles. The van der Waals surface area contributed by atoms with Crippen LogP contribution in [0.2, 0.25) is 0 Å². The molecule has 4 heterocycles. The second-order valence-corrected chi connectivity index (χ2v) is 18.4. The number of carbonyl (C=O) groups is 2. The summed E-state index contributed by atoms with van der Waals surface area (Å²) in [5.41, 5.74) is 15.9. The zero-order chi connectivity index (χ0) is 43.6. The van der Waals surface area contributed by atoms with Gasteiger partial charge in [0.15, 0.2) is 11.6 Å². The maximum atomic E-state index is 13.2. The van der Waals surface area contributed by atoms with Gasteiger partial charge in [-0.25, -0.2) is 0 Å². The van der Waals surface area contributed by atoms with E-state index in [1.165, 1.54) is 16.7 Å². The van der Waals surface area contributed by atoms with E-state index in [1.807, 2.05) is 48.5 Å². The van der Waals surface area contributed by atoms with Crippen molar-refractivity contribution in [3.63, 3.8) is 0 Å². The number of hydrogen-bond donors (Lipinski definition) is 4. The predicted molar refractivity (Wildman–Crippen MR) is 255 cm³/mol. The number of anilines is 4. The number of ketones is 2. The molecule has 8 nitrogen and oxygen atoms in total. The number of pyridine rings is 2. The number of benzene rings is 4. The van der Waals surface area contributed by atoms with Gasteiger partial charge in [-0.05, 0) is 101 Å². The van der Waals surface area contributed by atoms with Crippen LogP contribution in [0, 0.1) is 10.8 Å². The molecule has 8 heteroatoms. The van der Waals surface area contributed by atoms with Gasteiger partial charge >= 0.3 is 0 Å². The van der Waals surface area contributed by atoms with E-state index in [2.05, 4.69) is 143 Å². The van der Waals surface area contributed by atoms with Crippen molar-refractivity contribution >= 4 is 34.3 Å². The summed E-state index contributed by atoms with van der Waals surface area (Å²) in [5, 5.41) is 7.13. The van der Waals surface area contributed by atoms with Crippen LogP contribution < -0.4 is 10.6 Å². The van der Waals surface area contributed by atoms with Crippen molar-refractivity contribution in [3.8, 4) is 33.6 Å². The minimum atomic E-state index is -0.0443. The minimum Gasteiger partial charge on any atom is -0.356 e. The average molecular weight is 829 g/mol. The quantitative estimate of drug-likeness (QED) is 0.115. The first-order valence-corrected chi connectivity index (χ1v) is 21.7. The number of aromatic amines is 2. The van der Waals surface area contributed by atoms with Crippen molar-refractivity contribution < 1.29 is 9.59 Å². The van der Waals surface area contributed by atoms with Crippen molar-refractivity contribution in [3.05, 3.63) is 192 Å². The lowest BCUT2D eigenvalue weighted by Crippen LogP contribution is -2.26. The van der Waals surface area contributed by atoms with E-state index in [0.717, 1.165) is 92.6 Å². The molecule has 0 amide bonds. The normalized spacial score (nSPS) is 14.8. The highest BCUT2D eigenvalue weighted by atomic mass is 16.1. The van der Waals surface area contributed by atoms with Crippen LogP contribution in [0.3, 0.4) is 0 Å². The molecular weight excluding hydrogens is 777 g/mol. The SMILES string of the molecule is CC1(C)CC(=O)c2c([nH]c(-c3ccncc3)c2Nc2ccc(-c3ccccc3)cc2)C1.CC1(C)CC(=O)c2c([nH]c(-c3ccncc3)c2Nc2cccc(Cc3ccccc3)c2)C1. The van der Waals surface area contributed by atoms with E-state index in [1.54, 1.807) is 24.8 Å². The van der Waals surface area contributed by atoms with Gasteiger partial charge in [0.1, 0.15) is 0 Å². The molecule has 0 atom stereocenters. The van der Waals surface area contributed by atoms with Gasteiger partial charge < -0.3 is 20.6 Å². The highest BCUT2D eigenvalue weighted by molar-refractivity contribution is 6.08. The fourth-order valence-corrected chi connectivity index (χ4v) is 9.09. The van der Waals surface area contributed by atoms with Crippen LogP contribution in [0.15, 0.2) is 158 Å². The standard InChI is InChI=1S/C28H27N3O.C27H25N3O/c1-28(2)17-23-25(24(32)18-28)27(26(31-23)21-11-13-29-14-12-21)30-22-10-6-9-20(16-22)15-19-7-4-3-5-8-19;1-27(2)16-22-24(23(31)17-27)26(25(30-22)20-12-14-28-15-13-20)29-21-10-8-19(9-11-21)18-6-4-3-5-7-18/h3-14,16,30-31H,15,17-18H2,1-2H3;3-15,29-30H,16-17H2,1-2H3. The lowest BCUT2D eigenvalue weighted by Gasteiger charge is -2.28. The Bertz CT molecular complexity index is 2880. The van der Waals surface area contributed by atoms with E-state index >= 15 is 0 Å². The Hall–Kier alpha value is -7.32. The molecule has 0 saturated heterocycles. The summed E-state index contributed by atoms with van der Waals surface area (Å²) < 4.78 is 0. The summed E-state index contributed by atoms with van der Waals surface area (Å²) >= 11 is 0. The molecule has 0 fully saturated rings. The molecule has 4 aromatic heterocycles. The molecule has 0 radical (unpaired) electrons. The highest BCUT2D eigenvalue weighted by Crippen LogP contribution is 2.45. The van der Waals surface area contributed by atoms with Gasteiger partial charge in [-0.2, -0.15) is 0 Å². The molecule has 4 aromatic carbocycles. The second-order valence-electron chi connectivity index (χ2n) is 18.4. The van der Waals surface area contributed by atoms with Crippen LogP contribution in [0.5, 0.6) is 0 Å².